The molecule has 2 fully saturated rings. The van der Waals surface area contributed by atoms with Gasteiger partial charge >= 0.3 is 12.7 Å². The maximum absolute atomic E-state index is 14.4. The number of nitrogens with zero attached hydrogens (tertiary/aromatic N) is 7. The predicted octanol–water partition coefficient (Wildman–Crippen LogP) is 6.70. The van der Waals surface area contributed by atoms with Crippen molar-refractivity contribution in [2.75, 3.05) is 0 Å². The molecule has 0 bridgehead atoms. The maximum Gasteiger partial charge on any atom is 0.394 e. The second-order valence-electron chi connectivity index (χ2n) is 12.0. The molecule has 16 heteroatoms. The van der Waals surface area contributed by atoms with Crippen molar-refractivity contribution >= 4 is 23.5 Å². The van der Waals surface area contributed by atoms with Crippen molar-refractivity contribution in [3.63, 3.8) is 0 Å². The van der Waals surface area contributed by atoms with E-state index in [9.17, 15) is 26.7 Å². The molecule has 6 rings (SSSR count). The van der Waals surface area contributed by atoms with Gasteiger partial charge in [-0.1, -0.05) is 55.8 Å². The molecule has 46 heavy (non-hydrogen) atoms. The molecular weight excluding hydrogens is 633 g/mol. The summed E-state index contributed by atoms with van der Waals surface area (Å²) in [4.78, 5) is 20.8. The van der Waals surface area contributed by atoms with Gasteiger partial charge in [0.1, 0.15) is 17.6 Å². The molecular formula is C30H28ClF5N9O. The van der Waals surface area contributed by atoms with Gasteiger partial charge in [-0.3, -0.25) is 15.1 Å². The van der Waals surface area contributed by atoms with E-state index in [1.165, 1.54) is 30.3 Å². The number of benzene rings is 2. The van der Waals surface area contributed by atoms with E-state index in [4.69, 9.17) is 17.0 Å². The lowest BCUT2D eigenvalue weighted by Crippen LogP contribution is -2.50. The van der Waals surface area contributed by atoms with Gasteiger partial charge in [-0.15, -0.1) is 0 Å². The van der Waals surface area contributed by atoms with Crippen molar-refractivity contribution < 1.29 is 26.7 Å². The lowest BCUT2D eigenvalue weighted by atomic mass is 9.74. The zero-order chi connectivity index (χ0) is 33.2. The Kier molecular flexibility index (Phi) is 7.65. The van der Waals surface area contributed by atoms with E-state index in [0.717, 1.165) is 37.9 Å². The molecule has 241 valence electrons. The number of carbonyl (C=O) groups is 1. The molecule has 1 aliphatic heterocycles. The standard InChI is InChI=1S/C30H28ClF5N9O/c1-16(18-6-11-22(31)21(12-18)24-38-15-40-44(24)26(32)33)43-25(46)29(41-27(43)37,14-28(2,3)30(34,35)36)19-7-4-17(5-8-19)23-13-39-45(42-23)20-9-10-20/h4-8,11-13,15-16,20,26H,1,9-10,14H2,2-3H3,(H2,37,41)/t16-,29+/m0/s1. The number of halogens is 6. The average Bonchev–Trinajstić information content (AvgIpc) is 3.41. The zero-order valence-electron chi connectivity index (χ0n) is 24.6. The summed E-state index contributed by atoms with van der Waals surface area (Å²) < 4.78 is 70.2. The number of carbonyl (C=O) groups excluding carboxylic acids is 1. The van der Waals surface area contributed by atoms with Gasteiger partial charge in [-0.05, 0) is 49.4 Å². The Morgan fingerprint density at radius 1 is 1.13 bits per heavy atom. The van der Waals surface area contributed by atoms with Crippen LogP contribution in [0.15, 0.2) is 55.0 Å². The van der Waals surface area contributed by atoms with Crippen LogP contribution >= 0.6 is 11.6 Å². The second-order valence-corrected chi connectivity index (χ2v) is 12.4. The third-order valence-corrected chi connectivity index (χ3v) is 8.70. The van der Waals surface area contributed by atoms with Crippen LogP contribution in [0.1, 0.15) is 62.9 Å². The minimum Gasteiger partial charge on any atom is -0.338 e. The Morgan fingerprint density at radius 3 is 2.46 bits per heavy atom. The van der Waals surface area contributed by atoms with Crippen LogP contribution in [0.4, 0.5) is 22.0 Å². The van der Waals surface area contributed by atoms with Crippen molar-refractivity contribution in [1.29, 1.82) is 5.41 Å². The predicted molar refractivity (Wildman–Crippen MR) is 157 cm³/mol. The molecule has 3 heterocycles. The highest BCUT2D eigenvalue weighted by molar-refractivity contribution is 6.33. The van der Waals surface area contributed by atoms with Crippen molar-refractivity contribution in [2.24, 2.45) is 5.41 Å². The largest absolute Gasteiger partial charge is 0.394 e. The fourth-order valence-corrected chi connectivity index (χ4v) is 5.77. The van der Waals surface area contributed by atoms with Crippen LogP contribution in [-0.2, 0) is 10.3 Å². The summed E-state index contributed by atoms with van der Waals surface area (Å²) in [6.07, 6.45) is -0.911. The molecule has 2 aliphatic rings. The van der Waals surface area contributed by atoms with E-state index in [0.29, 0.717) is 15.9 Å². The third kappa shape index (κ3) is 5.39. The Balaban J connectivity index is 1.37. The van der Waals surface area contributed by atoms with Crippen LogP contribution in [0.2, 0.25) is 5.02 Å². The Bertz CT molecular complexity index is 1800. The van der Waals surface area contributed by atoms with Crippen molar-refractivity contribution in [1.82, 2.24) is 40.0 Å². The number of aromatic nitrogens is 6. The van der Waals surface area contributed by atoms with Gasteiger partial charge in [-0.25, -0.2) is 4.98 Å². The highest BCUT2D eigenvalue weighted by atomic mass is 35.5. The summed E-state index contributed by atoms with van der Waals surface area (Å²) in [5.74, 6) is -1.56. The summed E-state index contributed by atoms with van der Waals surface area (Å²) in [6.45, 7) is 3.00. The van der Waals surface area contributed by atoms with E-state index in [2.05, 4.69) is 32.5 Å². The van der Waals surface area contributed by atoms with Crippen molar-refractivity contribution in [3.05, 3.63) is 78.1 Å². The summed E-state index contributed by atoms with van der Waals surface area (Å²) in [7, 11) is 0. The van der Waals surface area contributed by atoms with Gasteiger partial charge in [0.15, 0.2) is 11.8 Å². The van der Waals surface area contributed by atoms with E-state index in [-0.39, 0.29) is 33.6 Å². The number of hydrogen-bond donors (Lipinski definition) is 2. The molecule has 1 saturated heterocycles. The third-order valence-electron chi connectivity index (χ3n) is 8.37. The number of rotatable bonds is 9. The number of nitrogens with one attached hydrogen (secondary N) is 2. The smallest absolute Gasteiger partial charge is 0.338 e. The van der Waals surface area contributed by atoms with Gasteiger partial charge < -0.3 is 5.32 Å². The van der Waals surface area contributed by atoms with E-state index >= 15 is 0 Å². The number of guanidine groups is 1. The quantitative estimate of drug-likeness (QED) is 0.193. The average molecular weight is 661 g/mol. The first-order chi connectivity index (χ1) is 21.6. The van der Waals surface area contributed by atoms with Crippen molar-refractivity contribution in [2.45, 2.75) is 63.5 Å². The first kappa shape index (κ1) is 31.6. The van der Waals surface area contributed by atoms with Crippen LogP contribution in [0.5, 0.6) is 0 Å². The van der Waals surface area contributed by atoms with Gasteiger partial charge in [0.2, 0.25) is 0 Å². The summed E-state index contributed by atoms with van der Waals surface area (Å²) in [5, 5.41) is 23.9. The number of alkyl halides is 5. The molecule has 10 nitrogen and oxygen atoms in total. The van der Waals surface area contributed by atoms with E-state index in [1.807, 2.05) is 0 Å². The zero-order valence-corrected chi connectivity index (χ0v) is 25.3. The lowest BCUT2D eigenvalue weighted by Gasteiger charge is -2.37. The molecule has 2 aromatic heterocycles. The van der Waals surface area contributed by atoms with Crippen molar-refractivity contribution in [3.8, 4) is 22.6 Å². The van der Waals surface area contributed by atoms with Crippen LogP contribution in [0.3, 0.4) is 0 Å². The Morgan fingerprint density at radius 2 is 1.83 bits per heavy atom. The molecule has 1 saturated carbocycles. The normalized spacial score (nSPS) is 19.7. The van der Waals surface area contributed by atoms with Crippen LogP contribution in [-0.4, -0.2) is 52.7 Å². The SMILES string of the molecule is [CH2][C@@H](c1ccc(Cl)c(-c2ncnn2C(F)F)c1)N1C(=N)N[C@](CC(C)(C)C(F)(F)F)(c2ccc(-c3cnn(C4CC4)n3)cc2)C1=O. The second kappa shape index (κ2) is 11.1. The minimum absolute atomic E-state index is 0.0605. The van der Waals surface area contributed by atoms with Gasteiger partial charge in [-0.2, -0.15) is 46.7 Å². The van der Waals surface area contributed by atoms with Gasteiger partial charge in [0, 0.05) is 11.1 Å². The topological polar surface area (TPSA) is 118 Å². The molecule has 0 unspecified atom stereocenters. The van der Waals surface area contributed by atoms with Crippen LogP contribution in [0.25, 0.3) is 22.6 Å². The molecule has 2 N–H and O–H groups in total. The molecule has 1 amide bonds. The maximum atomic E-state index is 14.4. The molecule has 0 spiro atoms. The molecule has 2 atom stereocenters. The number of hydrogen-bond acceptors (Lipinski definition) is 6. The lowest BCUT2D eigenvalue weighted by molar-refractivity contribution is -0.218. The van der Waals surface area contributed by atoms with E-state index < -0.39 is 48.0 Å². The van der Waals surface area contributed by atoms with Gasteiger partial charge in [0.25, 0.3) is 5.91 Å². The molecule has 1 radical (unpaired) electrons. The molecule has 4 aromatic rings. The van der Waals surface area contributed by atoms with Crippen LogP contribution < -0.4 is 5.32 Å². The molecule has 1 aliphatic carbocycles. The monoisotopic (exact) mass is 660 g/mol. The van der Waals surface area contributed by atoms with Gasteiger partial charge in [0.05, 0.1) is 28.7 Å². The highest BCUT2D eigenvalue weighted by Crippen LogP contribution is 2.49. The summed E-state index contributed by atoms with van der Waals surface area (Å²) >= 11 is 6.31. The van der Waals surface area contributed by atoms with Crippen LogP contribution in [0, 0.1) is 17.7 Å². The minimum atomic E-state index is -4.69. The summed E-state index contributed by atoms with van der Waals surface area (Å²) in [6, 6.07) is 9.71. The fraction of sp³-hybridized carbons (Fsp3) is 0.367. The summed E-state index contributed by atoms with van der Waals surface area (Å²) in [5.41, 5.74) is -2.60. The number of amides is 1. The Labute approximate surface area is 265 Å². The van der Waals surface area contributed by atoms with E-state index in [1.54, 1.807) is 23.1 Å². The Hall–Kier alpha value is -4.40. The first-order valence-corrected chi connectivity index (χ1v) is 14.6. The highest BCUT2D eigenvalue weighted by Gasteiger charge is 2.59. The fourth-order valence-electron chi connectivity index (χ4n) is 5.57. The molecule has 2 aromatic carbocycles. The first-order valence-electron chi connectivity index (χ1n) is 14.2.